The number of hydrogen-bond donors (Lipinski definition) is 4. The number of aliphatic hydroxyl groups is 2. The van der Waals surface area contributed by atoms with E-state index in [0.717, 1.165) is 18.6 Å². The lowest BCUT2D eigenvalue weighted by atomic mass is 9.80. The third-order valence-corrected chi connectivity index (χ3v) is 17.3. The van der Waals surface area contributed by atoms with Gasteiger partial charge in [-0.2, -0.15) is 0 Å². The SMILES string of the molecule is CCCOCCOCCOCCOCCOCCNC(=O)OC1CC[C@@H](C[C@@H](N)[C@@H]2C[C@@H](OC)C(C)/C=C(\C)[C@@H](O)[C@@H](OC)C(=O)C(C)C[C@H](C)/C=C/C=C/C=C(\C)[C@@H](OC)C[C@@H]3CC[C@@H](C)[C@@](O)(O3)C(=O)C(=O)N3CCCC[C@H]3C(=O)O2)C[C@H]1OC. The van der Waals surface area contributed by atoms with Gasteiger partial charge in [-0.15, -0.1) is 0 Å². The van der Waals surface area contributed by atoms with Crippen molar-refractivity contribution in [3.05, 3.63) is 47.6 Å². The molecule has 0 aromatic carbocycles. The number of nitrogens with one attached hydrogen (secondary N) is 1. The second-order valence-corrected chi connectivity index (χ2v) is 24.1. The Morgan fingerprint density at radius 2 is 1.38 bits per heavy atom. The van der Waals surface area contributed by atoms with Gasteiger partial charge in [-0.3, -0.25) is 14.4 Å². The lowest BCUT2D eigenvalue weighted by Crippen LogP contribution is -2.61. The Kier molecular flexibility index (Phi) is 35.3. The second kappa shape index (κ2) is 40.7. The van der Waals surface area contributed by atoms with E-state index in [9.17, 15) is 34.2 Å². The van der Waals surface area contributed by atoms with E-state index in [-0.39, 0.29) is 50.2 Å². The third kappa shape index (κ3) is 25.0. The van der Waals surface area contributed by atoms with Crippen molar-refractivity contribution in [2.45, 2.75) is 199 Å². The number of carbonyl (C=O) groups excluding carboxylic acids is 5. The molecule has 2 saturated heterocycles. The first kappa shape index (κ1) is 75.4. The van der Waals surface area contributed by atoms with Crippen LogP contribution in [-0.2, 0) is 76.0 Å². The number of rotatable bonds is 25. The molecule has 87 heavy (non-hydrogen) atoms. The van der Waals surface area contributed by atoms with Gasteiger partial charge in [-0.1, -0.05) is 71.1 Å². The summed E-state index contributed by atoms with van der Waals surface area (Å²) in [5.74, 6) is -7.28. The van der Waals surface area contributed by atoms with E-state index in [0.29, 0.717) is 123 Å². The van der Waals surface area contributed by atoms with Gasteiger partial charge in [-0.05, 0) is 107 Å². The molecule has 22 nitrogen and oxygen atoms in total. The largest absolute Gasteiger partial charge is 0.459 e. The summed E-state index contributed by atoms with van der Waals surface area (Å²) in [6.45, 7) is 18.0. The number of alkyl carbamates (subject to hydrolysis) is 1. The van der Waals surface area contributed by atoms with Crippen LogP contribution in [0.5, 0.6) is 0 Å². The van der Waals surface area contributed by atoms with Gasteiger partial charge in [0.05, 0.1) is 83.9 Å². The molecule has 0 aromatic rings. The molecule has 0 radical (unpaired) electrons. The minimum Gasteiger partial charge on any atom is -0.459 e. The number of nitrogens with zero attached hydrogens (tertiary/aromatic N) is 1. The fourth-order valence-corrected chi connectivity index (χ4v) is 12.0. The van der Waals surface area contributed by atoms with Crippen LogP contribution in [0.4, 0.5) is 4.79 Å². The van der Waals surface area contributed by atoms with E-state index in [2.05, 4.69) is 12.2 Å². The smallest absolute Gasteiger partial charge is 0.407 e. The van der Waals surface area contributed by atoms with Gasteiger partial charge < -0.3 is 83.0 Å². The fourth-order valence-electron chi connectivity index (χ4n) is 12.0. The maximum atomic E-state index is 14.8. The highest BCUT2D eigenvalue weighted by atomic mass is 16.6. The zero-order valence-corrected chi connectivity index (χ0v) is 54.2. The molecule has 3 fully saturated rings. The van der Waals surface area contributed by atoms with Crippen molar-refractivity contribution in [2.24, 2.45) is 35.3 Å². The first-order valence-electron chi connectivity index (χ1n) is 31.8. The van der Waals surface area contributed by atoms with Crippen LogP contribution in [0.2, 0.25) is 0 Å². The maximum absolute atomic E-state index is 14.8. The predicted molar refractivity (Wildman–Crippen MR) is 326 cm³/mol. The monoisotopic (exact) mass is 1240 g/mol. The number of nitrogens with two attached hydrogens (primary N) is 1. The summed E-state index contributed by atoms with van der Waals surface area (Å²) in [6, 6.07) is -1.96. The molecular formula is C65H109N3O19. The van der Waals surface area contributed by atoms with Crippen LogP contribution >= 0.6 is 0 Å². The number of ketones is 2. The summed E-state index contributed by atoms with van der Waals surface area (Å²) >= 11 is 0. The summed E-state index contributed by atoms with van der Waals surface area (Å²) in [6.07, 6.45) is 10.6. The normalized spacial score (nSPS) is 33.9. The Balaban J connectivity index is 1.48. The molecule has 3 unspecified atom stereocenters. The van der Waals surface area contributed by atoms with Crippen LogP contribution in [0, 0.1) is 29.6 Å². The van der Waals surface area contributed by atoms with E-state index in [1.54, 1.807) is 28.1 Å². The predicted octanol–water partition coefficient (Wildman–Crippen LogP) is 6.54. The number of methoxy groups -OCH3 is 4. The summed E-state index contributed by atoms with van der Waals surface area (Å²) in [5, 5.41) is 26.6. The number of hydrogen-bond acceptors (Lipinski definition) is 20. The Bertz CT molecular complexity index is 2180. The molecule has 22 heteroatoms. The van der Waals surface area contributed by atoms with E-state index >= 15 is 0 Å². The van der Waals surface area contributed by atoms with Crippen molar-refractivity contribution in [2.75, 3.05) is 108 Å². The number of carbonyl (C=O) groups is 5. The van der Waals surface area contributed by atoms with E-state index in [1.807, 2.05) is 64.2 Å². The molecule has 4 rings (SSSR count). The average Bonchev–Trinajstić information content (AvgIpc) is 0.957. The molecule has 3 heterocycles. The highest BCUT2D eigenvalue weighted by Gasteiger charge is 2.53. The van der Waals surface area contributed by atoms with Crippen LogP contribution in [0.25, 0.3) is 0 Å². The van der Waals surface area contributed by atoms with Gasteiger partial charge in [0.1, 0.15) is 30.5 Å². The number of fused-ring (bicyclic) bond motifs is 3. The van der Waals surface area contributed by atoms with E-state index in [1.165, 1.54) is 19.1 Å². The summed E-state index contributed by atoms with van der Waals surface area (Å²) in [4.78, 5) is 71.8. The summed E-state index contributed by atoms with van der Waals surface area (Å²) in [5.41, 5.74) is 8.51. The Morgan fingerprint density at radius 3 is 2.00 bits per heavy atom. The maximum Gasteiger partial charge on any atom is 0.407 e. The number of Topliss-reactive ketones (excluding diaryl/α,β-unsaturated/α-hetero) is 2. The Labute approximate surface area is 518 Å². The number of cyclic esters (lactones) is 1. The number of esters is 1. The van der Waals surface area contributed by atoms with Crippen molar-refractivity contribution >= 4 is 29.5 Å². The number of aliphatic hydroxyl groups excluding tert-OH is 1. The van der Waals surface area contributed by atoms with Gasteiger partial charge >= 0.3 is 12.1 Å². The third-order valence-electron chi connectivity index (χ3n) is 17.3. The van der Waals surface area contributed by atoms with Crippen molar-refractivity contribution in [3.8, 4) is 0 Å². The molecular weight excluding hydrogens is 1130 g/mol. The van der Waals surface area contributed by atoms with Gasteiger partial charge in [-0.25, -0.2) is 9.59 Å². The van der Waals surface area contributed by atoms with Crippen LogP contribution < -0.4 is 11.1 Å². The van der Waals surface area contributed by atoms with Gasteiger partial charge in [0, 0.05) is 84.8 Å². The molecule has 0 aromatic heterocycles. The van der Waals surface area contributed by atoms with Gasteiger partial charge in [0.15, 0.2) is 5.78 Å². The quantitative estimate of drug-likeness (QED) is 0.0327. The zero-order valence-electron chi connectivity index (χ0n) is 54.2. The molecule has 1 aliphatic carbocycles. The first-order valence-corrected chi connectivity index (χ1v) is 31.8. The molecule has 5 N–H and O–H groups in total. The molecule has 498 valence electrons. The van der Waals surface area contributed by atoms with E-state index < -0.39 is 108 Å². The molecule has 2 amide bonds. The summed E-state index contributed by atoms with van der Waals surface area (Å²) in [7, 11) is 6.07. The minimum atomic E-state index is -2.46. The second-order valence-electron chi connectivity index (χ2n) is 24.1. The number of amides is 2. The van der Waals surface area contributed by atoms with Crippen molar-refractivity contribution < 1.29 is 91.0 Å². The lowest BCUT2D eigenvalue weighted by Gasteiger charge is -2.43. The Hall–Kier alpha value is -4.01. The number of piperidine rings is 1. The number of ether oxygens (including phenoxy) is 12. The van der Waals surface area contributed by atoms with Crippen LogP contribution in [0.1, 0.15) is 132 Å². The van der Waals surface area contributed by atoms with Crippen LogP contribution in [0.15, 0.2) is 47.6 Å². The lowest BCUT2D eigenvalue weighted by molar-refractivity contribution is -0.265. The molecule has 4 aliphatic rings. The molecule has 0 spiro atoms. The topological polar surface area (TPSA) is 278 Å². The molecule has 3 aliphatic heterocycles. The minimum absolute atomic E-state index is 0.0117. The van der Waals surface area contributed by atoms with Gasteiger partial charge in [0.2, 0.25) is 5.79 Å². The van der Waals surface area contributed by atoms with Crippen LogP contribution in [0.3, 0.4) is 0 Å². The first-order chi connectivity index (χ1) is 41.7. The van der Waals surface area contributed by atoms with Crippen molar-refractivity contribution in [1.82, 2.24) is 10.2 Å². The number of allylic oxidation sites excluding steroid dienone is 5. The zero-order chi connectivity index (χ0) is 63.9. The molecule has 2 bridgehead atoms. The fraction of sp³-hybridized carbons (Fsp3) is 0.800. The average molecular weight is 1240 g/mol. The van der Waals surface area contributed by atoms with Crippen molar-refractivity contribution in [3.63, 3.8) is 0 Å². The van der Waals surface area contributed by atoms with Crippen LogP contribution in [-0.4, -0.2) is 219 Å². The Morgan fingerprint density at radius 1 is 0.736 bits per heavy atom. The molecule has 1 saturated carbocycles. The summed E-state index contributed by atoms with van der Waals surface area (Å²) < 4.78 is 69.6. The van der Waals surface area contributed by atoms with Crippen molar-refractivity contribution in [1.29, 1.82) is 0 Å². The highest BCUT2D eigenvalue weighted by molar-refractivity contribution is 6.39. The highest BCUT2D eigenvalue weighted by Crippen LogP contribution is 2.38. The standard InChI is InChI=1S/C65H109N3O19/c1-12-27-80-29-31-82-33-35-84-36-34-83-32-30-81-28-25-67-64(74)86-53-24-22-49(40-57(53)78-10)39-51(66)56-42-55(77-9)45(4)38-47(6)59(70)60(79-11)58(69)46(5)37-43(2)18-14-13-15-19-44(3)54(76-8)41-50-23-21-48(7)65(75,87-50)61(71)62(72)68-26-17-16-20-52(68)63(73)85-56/h13-15,18-19,38,43,45-46,48-57,59-60,70,75H,12,16-17,20-37,39-42,66H2,1-11H3,(H,67,74)/b15-13+,18-14+,44-19+,47-38+/t43-,45?,46?,48-,49+,50+,51-,52+,53?,54+,55-,56+,57-,59-,60+,65-/m1/s1. The van der Waals surface area contributed by atoms with E-state index in [4.69, 9.17) is 62.6 Å². The van der Waals surface area contributed by atoms with Gasteiger partial charge in [0.25, 0.3) is 11.7 Å². The molecule has 16 atom stereocenters.